The summed E-state index contributed by atoms with van der Waals surface area (Å²) >= 11 is 0. The predicted molar refractivity (Wildman–Crippen MR) is 68.8 cm³/mol. The SMILES string of the molecule is [N-]=[N+]=Nc1ccc2oc3ccccc3c(=O)c2c1. The van der Waals surface area contributed by atoms with Crippen molar-refractivity contribution in [1.29, 1.82) is 0 Å². The normalized spacial score (nSPS) is 10.4. The van der Waals surface area contributed by atoms with E-state index in [0.29, 0.717) is 27.6 Å². The Kier molecular flexibility index (Phi) is 2.25. The first-order valence-corrected chi connectivity index (χ1v) is 5.30. The molecule has 0 aliphatic carbocycles. The van der Waals surface area contributed by atoms with E-state index in [0.717, 1.165) is 0 Å². The van der Waals surface area contributed by atoms with Crippen LogP contribution in [0, 0.1) is 0 Å². The van der Waals surface area contributed by atoms with Crippen molar-refractivity contribution in [3.05, 3.63) is 63.1 Å². The van der Waals surface area contributed by atoms with Crippen molar-refractivity contribution < 1.29 is 4.42 Å². The van der Waals surface area contributed by atoms with E-state index in [1.807, 2.05) is 6.07 Å². The zero-order valence-corrected chi connectivity index (χ0v) is 9.20. The van der Waals surface area contributed by atoms with Crippen LogP contribution in [0.1, 0.15) is 0 Å². The Balaban J connectivity index is 2.49. The lowest BCUT2D eigenvalue weighted by atomic mass is 10.1. The standard InChI is InChI=1S/C13H7N3O2/c14-16-15-8-5-6-12-10(7-8)13(17)9-3-1-2-4-11(9)18-12/h1-7H. The highest BCUT2D eigenvalue weighted by atomic mass is 16.3. The minimum Gasteiger partial charge on any atom is -0.456 e. The molecule has 0 unspecified atom stereocenters. The summed E-state index contributed by atoms with van der Waals surface area (Å²) in [5.74, 6) is 0. The highest BCUT2D eigenvalue weighted by molar-refractivity contribution is 5.90. The molecule has 0 saturated heterocycles. The van der Waals surface area contributed by atoms with Gasteiger partial charge in [0, 0.05) is 10.6 Å². The quantitative estimate of drug-likeness (QED) is 0.278. The second-order valence-electron chi connectivity index (χ2n) is 3.80. The summed E-state index contributed by atoms with van der Waals surface area (Å²) in [5, 5.41) is 4.41. The smallest absolute Gasteiger partial charge is 0.200 e. The van der Waals surface area contributed by atoms with Crippen LogP contribution in [0.2, 0.25) is 0 Å². The highest BCUT2D eigenvalue weighted by Gasteiger charge is 2.07. The van der Waals surface area contributed by atoms with E-state index in [1.165, 1.54) is 6.07 Å². The Bertz CT molecular complexity index is 861. The van der Waals surface area contributed by atoms with Gasteiger partial charge in [-0.25, -0.2) is 0 Å². The second kappa shape index (κ2) is 3.91. The van der Waals surface area contributed by atoms with E-state index in [1.54, 1.807) is 30.3 Å². The van der Waals surface area contributed by atoms with Crippen molar-refractivity contribution in [1.82, 2.24) is 0 Å². The van der Waals surface area contributed by atoms with Gasteiger partial charge >= 0.3 is 0 Å². The van der Waals surface area contributed by atoms with Crippen molar-refractivity contribution in [2.45, 2.75) is 0 Å². The fourth-order valence-electron chi connectivity index (χ4n) is 1.91. The molecule has 86 valence electrons. The van der Waals surface area contributed by atoms with Crippen LogP contribution in [0.3, 0.4) is 0 Å². The van der Waals surface area contributed by atoms with Crippen LogP contribution in [0.25, 0.3) is 32.4 Å². The largest absolute Gasteiger partial charge is 0.456 e. The van der Waals surface area contributed by atoms with E-state index in [2.05, 4.69) is 10.0 Å². The topological polar surface area (TPSA) is 79.0 Å². The van der Waals surface area contributed by atoms with E-state index < -0.39 is 0 Å². The zero-order chi connectivity index (χ0) is 12.5. The van der Waals surface area contributed by atoms with Crippen LogP contribution in [-0.2, 0) is 0 Å². The Hall–Kier alpha value is -2.78. The van der Waals surface area contributed by atoms with E-state index in [9.17, 15) is 4.79 Å². The van der Waals surface area contributed by atoms with Gasteiger partial charge in [-0.3, -0.25) is 4.79 Å². The summed E-state index contributed by atoms with van der Waals surface area (Å²) in [4.78, 5) is 14.9. The monoisotopic (exact) mass is 237 g/mol. The molecule has 1 aromatic heterocycles. The Morgan fingerprint density at radius 1 is 1.06 bits per heavy atom. The Labute approximate surface area is 101 Å². The lowest BCUT2D eigenvalue weighted by molar-refractivity contribution is 0.660. The minimum atomic E-state index is -0.123. The summed E-state index contributed by atoms with van der Waals surface area (Å²) in [7, 11) is 0. The molecular weight excluding hydrogens is 230 g/mol. The Morgan fingerprint density at radius 3 is 2.67 bits per heavy atom. The molecule has 0 amide bonds. The summed E-state index contributed by atoms with van der Waals surface area (Å²) < 4.78 is 5.63. The van der Waals surface area contributed by atoms with Gasteiger partial charge in [0.25, 0.3) is 0 Å². The Morgan fingerprint density at radius 2 is 1.83 bits per heavy atom. The third-order valence-electron chi connectivity index (χ3n) is 2.72. The molecule has 18 heavy (non-hydrogen) atoms. The lowest BCUT2D eigenvalue weighted by Crippen LogP contribution is -2.01. The van der Waals surface area contributed by atoms with Crippen LogP contribution >= 0.6 is 0 Å². The van der Waals surface area contributed by atoms with Crippen LogP contribution in [0.15, 0.2) is 56.8 Å². The number of para-hydroxylation sites is 1. The highest BCUT2D eigenvalue weighted by Crippen LogP contribution is 2.22. The fourth-order valence-corrected chi connectivity index (χ4v) is 1.91. The van der Waals surface area contributed by atoms with Gasteiger partial charge in [0.1, 0.15) is 11.2 Å². The number of fused-ring (bicyclic) bond motifs is 2. The molecule has 0 saturated carbocycles. The van der Waals surface area contributed by atoms with Crippen molar-refractivity contribution in [3.8, 4) is 0 Å². The van der Waals surface area contributed by atoms with Crippen LogP contribution in [-0.4, -0.2) is 0 Å². The molecule has 0 N–H and O–H groups in total. The van der Waals surface area contributed by atoms with Gasteiger partial charge in [0.15, 0.2) is 0 Å². The molecule has 0 fully saturated rings. The maximum absolute atomic E-state index is 12.2. The maximum Gasteiger partial charge on any atom is 0.200 e. The summed E-state index contributed by atoms with van der Waals surface area (Å²) in [6, 6.07) is 11.8. The van der Waals surface area contributed by atoms with E-state index >= 15 is 0 Å². The summed E-state index contributed by atoms with van der Waals surface area (Å²) in [6.45, 7) is 0. The maximum atomic E-state index is 12.2. The number of azide groups is 1. The van der Waals surface area contributed by atoms with Gasteiger partial charge in [0.05, 0.1) is 10.8 Å². The number of hydrogen-bond acceptors (Lipinski definition) is 3. The molecule has 5 nitrogen and oxygen atoms in total. The minimum absolute atomic E-state index is 0.123. The molecule has 3 aromatic rings. The first-order valence-electron chi connectivity index (χ1n) is 5.30. The van der Waals surface area contributed by atoms with Crippen molar-refractivity contribution in [2.75, 3.05) is 0 Å². The summed E-state index contributed by atoms with van der Waals surface area (Å²) in [6.07, 6.45) is 0. The van der Waals surface area contributed by atoms with Gasteiger partial charge in [-0.1, -0.05) is 17.2 Å². The molecular formula is C13H7N3O2. The molecule has 5 heteroatoms. The molecule has 0 aliphatic rings. The van der Waals surface area contributed by atoms with Gasteiger partial charge in [-0.15, -0.1) is 0 Å². The molecule has 0 radical (unpaired) electrons. The lowest BCUT2D eigenvalue weighted by Gasteiger charge is -2.01. The average Bonchev–Trinajstić information content (AvgIpc) is 2.40. The van der Waals surface area contributed by atoms with Crippen molar-refractivity contribution >= 4 is 27.6 Å². The molecule has 0 spiro atoms. The average molecular weight is 237 g/mol. The third kappa shape index (κ3) is 1.50. The van der Waals surface area contributed by atoms with Crippen molar-refractivity contribution in [3.63, 3.8) is 0 Å². The first kappa shape index (κ1) is 10.4. The number of hydrogen-bond donors (Lipinski definition) is 0. The van der Waals surface area contributed by atoms with Gasteiger partial charge < -0.3 is 4.42 Å². The molecule has 1 heterocycles. The third-order valence-corrected chi connectivity index (χ3v) is 2.72. The van der Waals surface area contributed by atoms with Crippen LogP contribution in [0.5, 0.6) is 0 Å². The predicted octanol–water partition coefficient (Wildman–Crippen LogP) is 3.89. The van der Waals surface area contributed by atoms with Gasteiger partial charge in [-0.05, 0) is 35.9 Å². The van der Waals surface area contributed by atoms with Gasteiger partial charge in [0.2, 0.25) is 5.43 Å². The molecule has 0 aliphatic heterocycles. The molecule has 2 aromatic carbocycles. The molecule has 0 atom stereocenters. The second-order valence-corrected chi connectivity index (χ2v) is 3.80. The number of nitrogens with zero attached hydrogens (tertiary/aromatic N) is 3. The summed E-state index contributed by atoms with van der Waals surface area (Å²) in [5.41, 5.74) is 9.69. The van der Waals surface area contributed by atoms with Gasteiger partial charge in [-0.2, -0.15) is 0 Å². The van der Waals surface area contributed by atoms with E-state index in [-0.39, 0.29) is 5.43 Å². The van der Waals surface area contributed by atoms with Crippen LogP contribution < -0.4 is 5.43 Å². The number of benzene rings is 2. The zero-order valence-electron chi connectivity index (χ0n) is 9.20. The first-order chi connectivity index (χ1) is 8.79. The van der Waals surface area contributed by atoms with E-state index in [4.69, 9.17) is 9.95 Å². The van der Waals surface area contributed by atoms with Crippen molar-refractivity contribution in [2.24, 2.45) is 5.11 Å². The molecule has 0 bridgehead atoms. The number of rotatable bonds is 1. The molecule has 3 rings (SSSR count). The van der Waals surface area contributed by atoms with Crippen LogP contribution in [0.4, 0.5) is 5.69 Å². The fraction of sp³-hybridized carbons (Fsp3) is 0.